The van der Waals surface area contributed by atoms with Crippen LogP contribution in [0, 0.1) is 0 Å². The topological polar surface area (TPSA) is 23.0 Å². The number of hydrogen-bond donors (Lipinski definition) is 0. The van der Waals surface area contributed by atoms with Gasteiger partial charge in [-0.3, -0.25) is 0 Å². The second-order valence-electron chi connectivity index (χ2n) is 11.8. The van der Waals surface area contributed by atoms with Crippen LogP contribution in [0.5, 0.6) is 0 Å². The average Bonchev–Trinajstić information content (AvgIpc) is 3.76. The van der Waals surface area contributed by atoms with E-state index < -0.39 is 0 Å². The van der Waals surface area contributed by atoms with E-state index in [9.17, 15) is 0 Å². The van der Waals surface area contributed by atoms with E-state index in [-0.39, 0.29) is 0 Å². The van der Waals surface area contributed by atoms with Gasteiger partial charge in [-0.1, -0.05) is 84.9 Å². The van der Waals surface area contributed by atoms with Gasteiger partial charge < -0.3 is 13.6 Å². The van der Waals surface area contributed by atoms with Crippen LogP contribution in [-0.2, 0) is 0 Å². The molecular formula is C42H26N2O. The molecule has 10 aromatic rings. The highest BCUT2D eigenvalue weighted by molar-refractivity contribution is 6.27. The van der Waals surface area contributed by atoms with Gasteiger partial charge in [-0.15, -0.1) is 0 Å². The van der Waals surface area contributed by atoms with E-state index in [0.717, 1.165) is 27.6 Å². The molecule has 0 spiro atoms. The molecular weight excluding hydrogens is 548 g/mol. The molecule has 0 aliphatic heterocycles. The summed E-state index contributed by atoms with van der Waals surface area (Å²) in [6.07, 6.45) is 0. The van der Waals surface area contributed by atoms with Crippen molar-refractivity contribution in [2.75, 3.05) is 0 Å². The lowest BCUT2D eigenvalue weighted by molar-refractivity contribution is 0.669. The van der Waals surface area contributed by atoms with Crippen LogP contribution in [0.15, 0.2) is 162 Å². The Hall–Kier alpha value is -6.06. The van der Waals surface area contributed by atoms with Crippen LogP contribution in [0.3, 0.4) is 0 Å². The van der Waals surface area contributed by atoms with Gasteiger partial charge in [0.25, 0.3) is 0 Å². The minimum atomic E-state index is 0.902. The highest BCUT2D eigenvalue weighted by Gasteiger charge is 2.19. The average molecular weight is 575 g/mol. The Labute approximate surface area is 258 Å². The number of benzene rings is 7. The van der Waals surface area contributed by atoms with E-state index in [2.05, 4.69) is 167 Å². The Balaban J connectivity index is 1.23. The van der Waals surface area contributed by atoms with Gasteiger partial charge in [0.2, 0.25) is 0 Å². The second kappa shape index (κ2) is 9.22. The van der Waals surface area contributed by atoms with Crippen LogP contribution >= 0.6 is 0 Å². The predicted molar refractivity (Wildman–Crippen MR) is 188 cm³/mol. The van der Waals surface area contributed by atoms with Gasteiger partial charge in [-0.2, -0.15) is 0 Å². The number of para-hydroxylation sites is 4. The first kappa shape index (κ1) is 24.4. The van der Waals surface area contributed by atoms with Crippen molar-refractivity contribution < 1.29 is 4.42 Å². The lowest BCUT2D eigenvalue weighted by Crippen LogP contribution is -1.92. The van der Waals surface area contributed by atoms with Crippen molar-refractivity contribution >= 4 is 65.6 Å². The molecule has 10 rings (SSSR count). The molecule has 0 amide bonds. The molecule has 3 heteroatoms. The van der Waals surface area contributed by atoms with Crippen LogP contribution in [0.2, 0.25) is 0 Å². The van der Waals surface area contributed by atoms with Crippen molar-refractivity contribution in [3.63, 3.8) is 0 Å². The maximum absolute atomic E-state index is 6.48. The molecule has 3 aromatic heterocycles. The van der Waals surface area contributed by atoms with Crippen molar-refractivity contribution in [2.24, 2.45) is 0 Å². The number of aromatic nitrogens is 2. The fraction of sp³-hybridized carbons (Fsp3) is 0. The molecule has 7 aromatic carbocycles. The van der Waals surface area contributed by atoms with Gasteiger partial charge in [-0.05, 0) is 83.9 Å². The standard InChI is InChI=1S/C42H26N2O/c1-3-11-29(12-4-1)43-35-17-9-7-15-31(35)33-25-27(19-21-37(33)43)28-20-23-39-34(26-28)42-40(45-39)24-22-38-41(42)32-16-8-10-18-36(32)44(38)30-13-5-2-6-14-30/h1-26H. The molecule has 45 heavy (non-hydrogen) atoms. The quantitative estimate of drug-likeness (QED) is 0.206. The fourth-order valence-corrected chi connectivity index (χ4v) is 7.37. The Morgan fingerprint density at radius 1 is 0.333 bits per heavy atom. The van der Waals surface area contributed by atoms with Crippen molar-refractivity contribution in [3.8, 4) is 22.5 Å². The van der Waals surface area contributed by atoms with Crippen molar-refractivity contribution in [2.45, 2.75) is 0 Å². The van der Waals surface area contributed by atoms with Crippen LogP contribution in [-0.4, -0.2) is 9.13 Å². The summed E-state index contributed by atoms with van der Waals surface area (Å²) < 4.78 is 11.2. The van der Waals surface area contributed by atoms with Crippen LogP contribution in [0.4, 0.5) is 0 Å². The number of hydrogen-bond acceptors (Lipinski definition) is 1. The van der Waals surface area contributed by atoms with E-state index in [1.54, 1.807) is 0 Å². The van der Waals surface area contributed by atoms with Crippen molar-refractivity contribution in [1.29, 1.82) is 0 Å². The van der Waals surface area contributed by atoms with Gasteiger partial charge in [0.15, 0.2) is 0 Å². The number of furan rings is 1. The minimum absolute atomic E-state index is 0.902. The van der Waals surface area contributed by atoms with E-state index in [4.69, 9.17) is 4.42 Å². The zero-order valence-electron chi connectivity index (χ0n) is 24.3. The molecule has 0 saturated carbocycles. The largest absolute Gasteiger partial charge is 0.456 e. The highest BCUT2D eigenvalue weighted by atomic mass is 16.3. The molecule has 3 nitrogen and oxygen atoms in total. The fourth-order valence-electron chi connectivity index (χ4n) is 7.37. The summed E-state index contributed by atoms with van der Waals surface area (Å²) in [5.74, 6) is 0. The minimum Gasteiger partial charge on any atom is -0.456 e. The summed E-state index contributed by atoms with van der Waals surface area (Å²) in [4.78, 5) is 0. The molecule has 0 bridgehead atoms. The van der Waals surface area contributed by atoms with Gasteiger partial charge in [-0.25, -0.2) is 0 Å². The summed E-state index contributed by atoms with van der Waals surface area (Å²) in [5, 5.41) is 7.25. The highest BCUT2D eigenvalue weighted by Crippen LogP contribution is 2.42. The summed E-state index contributed by atoms with van der Waals surface area (Å²) in [5.41, 5.74) is 11.3. The molecule has 0 N–H and O–H groups in total. The van der Waals surface area contributed by atoms with E-state index in [0.29, 0.717) is 0 Å². The molecule has 0 aliphatic carbocycles. The molecule has 0 saturated heterocycles. The van der Waals surface area contributed by atoms with Gasteiger partial charge in [0.05, 0.1) is 22.1 Å². The van der Waals surface area contributed by atoms with Crippen LogP contribution in [0.1, 0.15) is 0 Å². The lowest BCUT2D eigenvalue weighted by Gasteiger charge is -2.08. The third-order valence-electron chi connectivity index (χ3n) is 9.30. The molecule has 0 atom stereocenters. The van der Waals surface area contributed by atoms with Gasteiger partial charge >= 0.3 is 0 Å². The Morgan fingerprint density at radius 3 is 1.58 bits per heavy atom. The van der Waals surface area contributed by atoms with E-state index >= 15 is 0 Å². The summed E-state index contributed by atoms with van der Waals surface area (Å²) in [6.45, 7) is 0. The predicted octanol–water partition coefficient (Wildman–Crippen LogP) is 11.4. The number of nitrogens with zero attached hydrogens (tertiary/aromatic N) is 2. The molecule has 0 fully saturated rings. The molecule has 210 valence electrons. The number of fused-ring (bicyclic) bond motifs is 10. The normalized spacial score (nSPS) is 12.0. The van der Waals surface area contributed by atoms with Crippen molar-refractivity contribution in [1.82, 2.24) is 9.13 Å². The summed E-state index contributed by atoms with van der Waals surface area (Å²) in [6, 6.07) is 56.4. The summed E-state index contributed by atoms with van der Waals surface area (Å²) >= 11 is 0. The molecule has 3 heterocycles. The van der Waals surface area contributed by atoms with Crippen molar-refractivity contribution in [3.05, 3.63) is 158 Å². The molecule has 0 aliphatic rings. The Kier molecular flexibility index (Phi) is 5.00. The van der Waals surface area contributed by atoms with Gasteiger partial charge in [0, 0.05) is 43.7 Å². The molecule has 0 radical (unpaired) electrons. The second-order valence-corrected chi connectivity index (χ2v) is 11.8. The zero-order chi connectivity index (χ0) is 29.5. The third-order valence-corrected chi connectivity index (χ3v) is 9.30. The number of rotatable bonds is 3. The zero-order valence-corrected chi connectivity index (χ0v) is 24.3. The van der Waals surface area contributed by atoms with Gasteiger partial charge in [0.1, 0.15) is 11.2 Å². The smallest absolute Gasteiger partial charge is 0.136 e. The molecule has 0 unspecified atom stereocenters. The lowest BCUT2D eigenvalue weighted by atomic mass is 9.99. The van der Waals surface area contributed by atoms with E-state index in [1.807, 2.05) is 0 Å². The Bertz CT molecular complexity index is 2740. The first-order valence-electron chi connectivity index (χ1n) is 15.4. The third kappa shape index (κ3) is 3.46. The SMILES string of the molecule is c1ccc(-n2c3ccccc3c3cc(-c4ccc5oc6ccc7c(c8ccccc8n7-c7ccccc7)c6c5c4)ccc32)cc1. The first-order chi connectivity index (χ1) is 22.3. The first-order valence-corrected chi connectivity index (χ1v) is 15.4. The Morgan fingerprint density at radius 2 is 0.844 bits per heavy atom. The van der Waals surface area contributed by atoms with Crippen LogP contribution in [0.25, 0.3) is 88.1 Å². The summed E-state index contributed by atoms with van der Waals surface area (Å²) in [7, 11) is 0. The monoisotopic (exact) mass is 574 g/mol. The van der Waals surface area contributed by atoms with Crippen LogP contribution < -0.4 is 0 Å². The maximum Gasteiger partial charge on any atom is 0.136 e. The maximum atomic E-state index is 6.48. The van der Waals surface area contributed by atoms with E-state index in [1.165, 1.54) is 60.4 Å².